The van der Waals surface area contributed by atoms with Crippen LogP contribution in [0.1, 0.15) is 29.8 Å². The summed E-state index contributed by atoms with van der Waals surface area (Å²) in [5.41, 5.74) is 7.64. The van der Waals surface area contributed by atoms with E-state index in [0.717, 1.165) is 11.3 Å². The summed E-state index contributed by atoms with van der Waals surface area (Å²) in [5.74, 6) is -1.51. The molecule has 0 unspecified atom stereocenters. The number of nitrogens with one attached hydrogen (secondary N) is 1. The fourth-order valence-corrected chi connectivity index (χ4v) is 2.98. The number of benzene rings is 2. The van der Waals surface area contributed by atoms with Gasteiger partial charge in [-0.2, -0.15) is 9.59 Å². The third-order valence-electron chi connectivity index (χ3n) is 3.80. The molecule has 1 amide bonds. The standard InChI is InChI=1S/C19H19FN4OS.CO2/c1-11(2)24(14-6-7-15(18(21)25)16(20)10-14)19(26)23-13-5-8-17(22-4)12(3)9-13;2-1-3/h5-11H,1-3H3,(H2,21,25)(H,23,26);. The average molecular weight is 414 g/mol. The smallest absolute Gasteiger partial charge is 0.366 e. The molecule has 0 spiro atoms. The van der Waals surface area contributed by atoms with Gasteiger partial charge in [0, 0.05) is 17.4 Å². The SMILES string of the molecule is O=C=O.[C-]#[N+]c1ccc(NC(=S)N(c2ccc(C(N)=O)c(F)c2)C(C)C)cc1C. The number of halogens is 1. The molecular weight excluding hydrogens is 395 g/mol. The lowest BCUT2D eigenvalue weighted by molar-refractivity contribution is -0.191. The Morgan fingerprint density at radius 1 is 1.28 bits per heavy atom. The van der Waals surface area contributed by atoms with E-state index in [1.807, 2.05) is 26.8 Å². The molecule has 0 aliphatic carbocycles. The van der Waals surface area contributed by atoms with Crippen LogP contribution in [0.3, 0.4) is 0 Å². The van der Waals surface area contributed by atoms with Crippen molar-refractivity contribution in [2.24, 2.45) is 5.73 Å². The highest BCUT2D eigenvalue weighted by atomic mass is 32.1. The molecule has 0 aliphatic heterocycles. The zero-order valence-electron chi connectivity index (χ0n) is 16.0. The van der Waals surface area contributed by atoms with Crippen molar-refractivity contribution >= 4 is 46.5 Å². The van der Waals surface area contributed by atoms with Crippen LogP contribution in [-0.4, -0.2) is 23.2 Å². The predicted octanol–water partition coefficient (Wildman–Crippen LogP) is 3.81. The number of aryl methyl sites for hydroxylation is 1. The number of nitrogens with two attached hydrogens (primary N) is 1. The Kier molecular flexibility index (Phi) is 8.62. The van der Waals surface area contributed by atoms with Gasteiger partial charge < -0.3 is 16.0 Å². The molecular formula is C20H19FN4O3S. The maximum Gasteiger partial charge on any atom is 0.373 e. The summed E-state index contributed by atoms with van der Waals surface area (Å²) in [6.45, 7) is 12.8. The minimum Gasteiger partial charge on any atom is -0.366 e. The highest BCUT2D eigenvalue weighted by Gasteiger charge is 2.19. The lowest BCUT2D eigenvalue weighted by Gasteiger charge is -2.30. The van der Waals surface area contributed by atoms with Gasteiger partial charge in [-0.3, -0.25) is 4.79 Å². The Labute approximate surface area is 173 Å². The molecule has 0 saturated heterocycles. The first-order valence-corrected chi connectivity index (χ1v) is 8.74. The molecule has 150 valence electrons. The molecule has 0 heterocycles. The highest BCUT2D eigenvalue weighted by Crippen LogP contribution is 2.25. The number of carbonyl (C=O) groups excluding carboxylic acids is 3. The van der Waals surface area contributed by atoms with Crippen LogP contribution in [0.2, 0.25) is 0 Å². The first kappa shape index (κ1) is 23.4. The molecule has 0 radical (unpaired) electrons. The minimum atomic E-state index is -0.818. The third-order valence-corrected chi connectivity index (χ3v) is 4.10. The van der Waals surface area contributed by atoms with Crippen molar-refractivity contribution in [2.45, 2.75) is 26.8 Å². The number of anilines is 2. The van der Waals surface area contributed by atoms with E-state index in [-0.39, 0.29) is 17.8 Å². The van der Waals surface area contributed by atoms with Crippen LogP contribution in [0.4, 0.5) is 21.5 Å². The van der Waals surface area contributed by atoms with Crippen LogP contribution in [0.25, 0.3) is 4.85 Å². The molecule has 0 bridgehead atoms. The number of thiocarbonyl (C=S) groups is 1. The van der Waals surface area contributed by atoms with Crippen molar-refractivity contribution in [1.29, 1.82) is 0 Å². The zero-order valence-corrected chi connectivity index (χ0v) is 16.8. The number of hydrogen-bond acceptors (Lipinski definition) is 4. The normalized spacial score (nSPS) is 9.52. The zero-order chi connectivity index (χ0) is 22.1. The molecule has 0 atom stereocenters. The molecule has 3 N–H and O–H groups in total. The van der Waals surface area contributed by atoms with E-state index in [2.05, 4.69) is 10.2 Å². The lowest BCUT2D eigenvalue weighted by Crippen LogP contribution is -2.40. The van der Waals surface area contributed by atoms with E-state index in [4.69, 9.17) is 34.1 Å². The number of rotatable bonds is 4. The Morgan fingerprint density at radius 3 is 2.34 bits per heavy atom. The monoisotopic (exact) mass is 414 g/mol. The fraction of sp³-hybridized carbons (Fsp3) is 0.200. The molecule has 2 aromatic rings. The van der Waals surface area contributed by atoms with Crippen LogP contribution in [0.15, 0.2) is 36.4 Å². The van der Waals surface area contributed by atoms with Gasteiger partial charge in [-0.05, 0) is 68.9 Å². The molecule has 0 aliphatic rings. The molecule has 2 aromatic carbocycles. The molecule has 0 aromatic heterocycles. The number of primary amides is 1. The van der Waals surface area contributed by atoms with Crippen LogP contribution >= 0.6 is 12.2 Å². The van der Waals surface area contributed by atoms with Crippen LogP contribution in [0, 0.1) is 19.3 Å². The molecule has 0 fully saturated rings. The number of amides is 1. The summed E-state index contributed by atoms with van der Waals surface area (Å²) >= 11 is 5.49. The Hall–Kier alpha value is -3.60. The van der Waals surface area contributed by atoms with E-state index in [1.165, 1.54) is 12.1 Å². The predicted molar refractivity (Wildman–Crippen MR) is 111 cm³/mol. The first-order chi connectivity index (χ1) is 13.7. The maximum atomic E-state index is 14.1. The van der Waals surface area contributed by atoms with Crippen molar-refractivity contribution in [3.8, 4) is 0 Å². The Bertz CT molecular complexity index is 996. The molecule has 0 saturated carbocycles. The second-order valence-corrected chi connectivity index (χ2v) is 6.51. The second-order valence-electron chi connectivity index (χ2n) is 6.12. The van der Waals surface area contributed by atoms with E-state index < -0.39 is 11.7 Å². The maximum absolute atomic E-state index is 14.1. The van der Waals surface area contributed by atoms with Crippen LogP contribution in [0.5, 0.6) is 0 Å². The minimum absolute atomic E-state index is 0.0579. The van der Waals surface area contributed by atoms with Gasteiger partial charge in [-0.25, -0.2) is 9.24 Å². The van der Waals surface area contributed by atoms with Gasteiger partial charge in [0.1, 0.15) is 5.82 Å². The summed E-state index contributed by atoms with van der Waals surface area (Å²) in [6, 6.07) is 9.44. The lowest BCUT2D eigenvalue weighted by atomic mass is 10.1. The van der Waals surface area contributed by atoms with Crippen LogP contribution < -0.4 is 16.0 Å². The van der Waals surface area contributed by atoms with Gasteiger partial charge in [0.2, 0.25) is 0 Å². The third kappa shape index (κ3) is 6.21. The summed E-state index contributed by atoms with van der Waals surface area (Å²) in [5, 5.41) is 3.49. The molecule has 2 rings (SSSR count). The van der Waals surface area contributed by atoms with E-state index in [0.29, 0.717) is 16.5 Å². The van der Waals surface area contributed by atoms with Gasteiger partial charge >= 0.3 is 6.15 Å². The van der Waals surface area contributed by atoms with Gasteiger partial charge in [-0.1, -0.05) is 6.07 Å². The van der Waals surface area contributed by atoms with Gasteiger partial charge in [0.05, 0.1) is 12.1 Å². The number of nitrogens with zero attached hydrogens (tertiary/aromatic N) is 2. The molecule has 7 nitrogen and oxygen atoms in total. The largest absolute Gasteiger partial charge is 0.373 e. The summed E-state index contributed by atoms with van der Waals surface area (Å²) in [4.78, 5) is 32.6. The van der Waals surface area contributed by atoms with Gasteiger partial charge in [0.25, 0.3) is 5.91 Å². The number of hydrogen-bond donors (Lipinski definition) is 2. The summed E-state index contributed by atoms with van der Waals surface area (Å²) in [7, 11) is 0. The topological polar surface area (TPSA) is 96.9 Å². The van der Waals surface area contributed by atoms with E-state index in [9.17, 15) is 9.18 Å². The van der Waals surface area contributed by atoms with Crippen molar-refractivity contribution in [2.75, 3.05) is 10.2 Å². The second kappa shape index (κ2) is 10.7. The Morgan fingerprint density at radius 2 is 1.90 bits per heavy atom. The molecule has 29 heavy (non-hydrogen) atoms. The average Bonchev–Trinajstić information content (AvgIpc) is 2.62. The first-order valence-electron chi connectivity index (χ1n) is 8.33. The van der Waals surface area contributed by atoms with Gasteiger partial charge in [-0.15, -0.1) is 0 Å². The summed E-state index contributed by atoms with van der Waals surface area (Å²) in [6.07, 6.45) is 0.250. The van der Waals surface area contributed by atoms with Crippen LogP contribution in [-0.2, 0) is 9.59 Å². The molecule has 9 heteroatoms. The number of carbonyl (C=O) groups is 1. The van der Waals surface area contributed by atoms with Crippen molar-refractivity contribution in [1.82, 2.24) is 0 Å². The van der Waals surface area contributed by atoms with E-state index in [1.54, 1.807) is 23.1 Å². The van der Waals surface area contributed by atoms with Crippen molar-refractivity contribution < 1.29 is 18.8 Å². The Balaban J connectivity index is 0.00000132. The van der Waals surface area contributed by atoms with Crippen molar-refractivity contribution in [3.63, 3.8) is 0 Å². The summed E-state index contributed by atoms with van der Waals surface area (Å²) < 4.78 is 14.1. The quantitative estimate of drug-likeness (QED) is 0.583. The highest BCUT2D eigenvalue weighted by molar-refractivity contribution is 7.80. The van der Waals surface area contributed by atoms with E-state index >= 15 is 0 Å². The van der Waals surface area contributed by atoms with Crippen molar-refractivity contribution in [3.05, 3.63) is 64.8 Å². The van der Waals surface area contributed by atoms with Gasteiger partial charge in [0.15, 0.2) is 10.8 Å². The fourth-order valence-electron chi connectivity index (χ4n) is 2.55.